The number of nitrogens with one attached hydrogen (secondary N) is 1. The lowest BCUT2D eigenvalue weighted by molar-refractivity contribution is -0.145. The van der Waals surface area contributed by atoms with Crippen molar-refractivity contribution in [3.8, 4) is 0 Å². The van der Waals surface area contributed by atoms with Crippen LogP contribution in [0.25, 0.3) is 0 Å². The first kappa shape index (κ1) is 20.4. The largest absolute Gasteiger partial charge is 0.481 e. The predicted molar refractivity (Wildman–Crippen MR) is 94.0 cm³/mol. The molecule has 6 heteroatoms. The summed E-state index contributed by atoms with van der Waals surface area (Å²) in [5.74, 6) is -1.19. The molecule has 1 aliphatic carbocycles. The molecule has 1 heterocycles. The quantitative estimate of drug-likeness (QED) is 0.710. The molecule has 0 spiro atoms. The molecule has 1 fully saturated rings. The number of hydrogen-bond donors (Lipinski definition) is 3. The molecule has 0 aromatic heterocycles. The maximum atomic E-state index is 10.8. The molecule has 1 aliphatic heterocycles. The first-order valence-corrected chi connectivity index (χ1v) is 8.56. The number of aliphatic carboxylic acids is 2. The van der Waals surface area contributed by atoms with Gasteiger partial charge in [-0.3, -0.25) is 4.79 Å². The summed E-state index contributed by atoms with van der Waals surface area (Å²) in [6, 6.07) is 0. The van der Waals surface area contributed by atoms with Crippen LogP contribution in [0.5, 0.6) is 0 Å². The van der Waals surface area contributed by atoms with Gasteiger partial charge in [-0.05, 0) is 19.3 Å². The van der Waals surface area contributed by atoms with Gasteiger partial charge in [-0.2, -0.15) is 0 Å². The standard InChI is InChI=1S/C9H20N2.C9H10O4/c1-3-9(2)8-11-6-4-10-5-7-11;1-9(8(12)13)4-2-3-6(5-9)7(10)11/h9-10H,3-8H2,1-2H3;2-4H,5H2,1H3,(H,10,11)(H,12,13). The summed E-state index contributed by atoms with van der Waals surface area (Å²) in [7, 11) is 0. The third kappa shape index (κ3) is 6.45. The van der Waals surface area contributed by atoms with Crippen molar-refractivity contribution in [1.82, 2.24) is 10.2 Å². The van der Waals surface area contributed by atoms with Gasteiger partial charge in [0, 0.05) is 38.3 Å². The second kappa shape index (κ2) is 9.59. The number of nitrogens with zero attached hydrogens (tertiary/aromatic N) is 1. The summed E-state index contributed by atoms with van der Waals surface area (Å²) in [5.41, 5.74) is -0.949. The Morgan fingerprint density at radius 1 is 1.33 bits per heavy atom. The number of rotatable bonds is 5. The normalized spacial score (nSPS) is 25.2. The molecule has 136 valence electrons. The van der Waals surface area contributed by atoms with Gasteiger partial charge in [0.2, 0.25) is 0 Å². The van der Waals surface area contributed by atoms with E-state index < -0.39 is 17.4 Å². The zero-order chi connectivity index (χ0) is 18.2. The minimum absolute atomic E-state index is 0.0359. The van der Waals surface area contributed by atoms with E-state index in [2.05, 4.69) is 24.1 Å². The lowest BCUT2D eigenvalue weighted by Crippen LogP contribution is -2.44. The first-order valence-electron chi connectivity index (χ1n) is 8.56. The molecule has 6 nitrogen and oxygen atoms in total. The Morgan fingerprint density at radius 3 is 2.46 bits per heavy atom. The molecule has 24 heavy (non-hydrogen) atoms. The van der Waals surface area contributed by atoms with E-state index in [9.17, 15) is 9.59 Å². The van der Waals surface area contributed by atoms with E-state index in [1.807, 2.05) is 0 Å². The number of piperazine rings is 1. The average Bonchev–Trinajstić information content (AvgIpc) is 2.56. The van der Waals surface area contributed by atoms with Gasteiger partial charge >= 0.3 is 11.9 Å². The van der Waals surface area contributed by atoms with E-state index in [0.29, 0.717) is 0 Å². The molecule has 3 N–H and O–H groups in total. The van der Waals surface area contributed by atoms with Crippen LogP contribution in [0.15, 0.2) is 23.8 Å². The Kier molecular flexibility index (Phi) is 8.15. The molecule has 0 aromatic carbocycles. The smallest absolute Gasteiger partial charge is 0.331 e. The highest BCUT2D eigenvalue weighted by atomic mass is 16.4. The Balaban J connectivity index is 0.000000243. The number of carboxylic acids is 2. The highest BCUT2D eigenvalue weighted by molar-refractivity contribution is 5.90. The van der Waals surface area contributed by atoms with Gasteiger partial charge in [0.25, 0.3) is 0 Å². The molecule has 1 saturated heterocycles. The van der Waals surface area contributed by atoms with Gasteiger partial charge in [0.05, 0.1) is 5.41 Å². The van der Waals surface area contributed by atoms with E-state index in [1.54, 1.807) is 0 Å². The van der Waals surface area contributed by atoms with E-state index in [1.165, 1.54) is 64.3 Å². The van der Waals surface area contributed by atoms with Crippen LogP contribution in [0.2, 0.25) is 0 Å². The van der Waals surface area contributed by atoms with Crippen molar-refractivity contribution in [1.29, 1.82) is 0 Å². The minimum atomic E-state index is -1.08. The number of carbonyl (C=O) groups is 2. The Labute approximate surface area is 144 Å². The molecule has 2 aliphatic rings. The van der Waals surface area contributed by atoms with Crippen LogP contribution in [0.1, 0.15) is 33.6 Å². The Morgan fingerprint density at radius 2 is 1.96 bits per heavy atom. The second-order valence-electron chi connectivity index (χ2n) is 6.82. The van der Waals surface area contributed by atoms with Gasteiger partial charge in [-0.15, -0.1) is 0 Å². The Hall–Kier alpha value is -1.66. The van der Waals surface area contributed by atoms with Gasteiger partial charge in [0.15, 0.2) is 0 Å². The summed E-state index contributed by atoms with van der Waals surface area (Å²) in [6.45, 7) is 12.2. The predicted octanol–water partition coefficient (Wildman–Crippen LogP) is 1.99. The average molecular weight is 338 g/mol. The second-order valence-corrected chi connectivity index (χ2v) is 6.82. The first-order chi connectivity index (χ1) is 11.3. The van der Waals surface area contributed by atoms with E-state index >= 15 is 0 Å². The minimum Gasteiger partial charge on any atom is -0.481 e. The SMILES string of the molecule is CC1(C(=O)O)C=CC=C(C(=O)O)C1.CCC(C)CN1CCNCC1. The maximum Gasteiger partial charge on any atom is 0.331 e. The summed E-state index contributed by atoms with van der Waals surface area (Å²) in [6.07, 6.45) is 5.74. The monoisotopic (exact) mass is 338 g/mol. The number of allylic oxidation sites excluding steroid dienone is 2. The Bertz CT molecular complexity index is 495. The summed E-state index contributed by atoms with van der Waals surface area (Å²) in [4.78, 5) is 23.9. The van der Waals surface area contributed by atoms with Gasteiger partial charge < -0.3 is 20.4 Å². The van der Waals surface area contributed by atoms with Crippen LogP contribution < -0.4 is 5.32 Å². The van der Waals surface area contributed by atoms with Gasteiger partial charge in [-0.1, -0.05) is 38.5 Å². The molecular weight excluding hydrogens is 308 g/mol. The van der Waals surface area contributed by atoms with Crippen molar-refractivity contribution in [3.63, 3.8) is 0 Å². The fourth-order valence-corrected chi connectivity index (χ4v) is 2.65. The van der Waals surface area contributed by atoms with Crippen molar-refractivity contribution < 1.29 is 19.8 Å². The fourth-order valence-electron chi connectivity index (χ4n) is 2.65. The van der Waals surface area contributed by atoms with Crippen LogP contribution in [0.4, 0.5) is 0 Å². The molecule has 0 amide bonds. The molecule has 0 aromatic rings. The fraction of sp³-hybridized carbons (Fsp3) is 0.667. The topological polar surface area (TPSA) is 89.9 Å². The lowest BCUT2D eigenvalue weighted by atomic mass is 9.80. The van der Waals surface area contributed by atoms with E-state index in [4.69, 9.17) is 10.2 Å². The summed E-state index contributed by atoms with van der Waals surface area (Å²) < 4.78 is 0. The molecule has 0 saturated carbocycles. The van der Waals surface area contributed by atoms with Gasteiger partial charge in [0.1, 0.15) is 0 Å². The van der Waals surface area contributed by atoms with Crippen LogP contribution >= 0.6 is 0 Å². The third-order valence-electron chi connectivity index (χ3n) is 4.56. The number of carboxylic acid groups (broad SMARTS) is 2. The van der Waals surface area contributed by atoms with Crippen molar-refractivity contribution >= 4 is 11.9 Å². The van der Waals surface area contributed by atoms with Gasteiger partial charge in [-0.25, -0.2) is 4.79 Å². The third-order valence-corrected chi connectivity index (χ3v) is 4.56. The molecular formula is C18H30N2O4. The van der Waals surface area contributed by atoms with Crippen molar-refractivity contribution in [2.75, 3.05) is 32.7 Å². The zero-order valence-corrected chi connectivity index (χ0v) is 14.9. The van der Waals surface area contributed by atoms with Crippen molar-refractivity contribution in [2.45, 2.75) is 33.6 Å². The maximum absolute atomic E-state index is 10.8. The molecule has 2 rings (SSSR count). The molecule has 0 bridgehead atoms. The molecule has 0 radical (unpaired) electrons. The van der Waals surface area contributed by atoms with E-state index in [-0.39, 0.29) is 12.0 Å². The summed E-state index contributed by atoms with van der Waals surface area (Å²) >= 11 is 0. The van der Waals surface area contributed by atoms with Crippen LogP contribution in [0, 0.1) is 11.3 Å². The zero-order valence-electron chi connectivity index (χ0n) is 14.9. The number of hydrogen-bond acceptors (Lipinski definition) is 4. The summed E-state index contributed by atoms with van der Waals surface area (Å²) in [5, 5.41) is 20.8. The van der Waals surface area contributed by atoms with Crippen LogP contribution in [0.3, 0.4) is 0 Å². The molecule has 2 atom stereocenters. The van der Waals surface area contributed by atoms with Crippen LogP contribution in [-0.4, -0.2) is 59.8 Å². The van der Waals surface area contributed by atoms with Crippen molar-refractivity contribution in [2.24, 2.45) is 11.3 Å². The highest BCUT2D eigenvalue weighted by Gasteiger charge is 2.34. The lowest BCUT2D eigenvalue weighted by Gasteiger charge is -2.29. The van der Waals surface area contributed by atoms with Crippen molar-refractivity contribution in [3.05, 3.63) is 23.8 Å². The van der Waals surface area contributed by atoms with E-state index in [0.717, 1.165) is 5.92 Å². The molecule has 2 unspecified atom stereocenters. The highest BCUT2D eigenvalue weighted by Crippen LogP contribution is 2.31. The van der Waals surface area contributed by atoms with Crippen LogP contribution in [-0.2, 0) is 9.59 Å².